The zero-order valence-corrected chi connectivity index (χ0v) is 13.4. The Morgan fingerprint density at radius 2 is 2.09 bits per heavy atom. The maximum atomic E-state index is 11.7. The Hall–Kier alpha value is -2.05. The number of aromatic amines is 1. The van der Waals surface area contributed by atoms with Crippen molar-refractivity contribution < 1.29 is 14.6 Å². The third kappa shape index (κ3) is 3.65. The Bertz CT molecular complexity index is 662. The number of nitrogens with one attached hydrogen (secondary N) is 1. The van der Waals surface area contributed by atoms with Crippen molar-refractivity contribution in [3.63, 3.8) is 0 Å². The van der Waals surface area contributed by atoms with Crippen molar-refractivity contribution in [3.05, 3.63) is 36.0 Å². The molecular weight excluding hydrogens is 294 g/mol. The molecule has 0 radical (unpaired) electrons. The Labute approximate surface area is 135 Å². The van der Waals surface area contributed by atoms with E-state index >= 15 is 0 Å². The molecule has 124 valence electrons. The van der Waals surface area contributed by atoms with E-state index in [4.69, 9.17) is 4.74 Å². The normalized spacial score (nSPS) is 17.4. The summed E-state index contributed by atoms with van der Waals surface area (Å²) in [5.41, 5.74) is 1.95. The average Bonchev–Trinajstić information content (AvgIpc) is 3.03. The topological polar surface area (TPSA) is 68.8 Å². The second-order valence-electron chi connectivity index (χ2n) is 5.83. The second kappa shape index (κ2) is 7.02. The van der Waals surface area contributed by atoms with Gasteiger partial charge in [-0.2, -0.15) is 0 Å². The number of rotatable bonds is 4. The minimum Gasteiger partial charge on any atom is -0.450 e. The van der Waals surface area contributed by atoms with E-state index in [1.807, 2.05) is 37.4 Å². The molecule has 2 N–H and O–H groups in total. The van der Waals surface area contributed by atoms with Gasteiger partial charge in [0, 0.05) is 44.4 Å². The predicted octanol–water partition coefficient (Wildman–Crippen LogP) is 1.98. The van der Waals surface area contributed by atoms with Gasteiger partial charge in [-0.1, -0.05) is 12.1 Å². The second-order valence-corrected chi connectivity index (χ2v) is 5.83. The van der Waals surface area contributed by atoms with E-state index in [1.54, 1.807) is 4.90 Å². The first kappa shape index (κ1) is 15.8. The van der Waals surface area contributed by atoms with E-state index < -0.39 is 6.10 Å². The summed E-state index contributed by atoms with van der Waals surface area (Å²) < 4.78 is 5.02. The lowest BCUT2D eigenvalue weighted by molar-refractivity contribution is 0.0578. The molecule has 1 aromatic carbocycles. The Morgan fingerprint density at radius 1 is 1.30 bits per heavy atom. The van der Waals surface area contributed by atoms with Crippen molar-refractivity contribution in [2.75, 3.05) is 39.3 Å². The van der Waals surface area contributed by atoms with Crippen LogP contribution in [0.5, 0.6) is 0 Å². The zero-order valence-electron chi connectivity index (χ0n) is 13.4. The SMILES string of the molecule is CCOC(=O)N1CCN(C[C@@H](O)c2ccc3cc[nH]c3c2)CC1. The number of hydrogen-bond acceptors (Lipinski definition) is 4. The van der Waals surface area contributed by atoms with Gasteiger partial charge in [0.25, 0.3) is 0 Å². The number of benzene rings is 1. The van der Waals surface area contributed by atoms with Crippen LogP contribution in [-0.2, 0) is 4.74 Å². The molecule has 1 saturated heterocycles. The van der Waals surface area contributed by atoms with Crippen LogP contribution in [0.2, 0.25) is 0 Å². The number of aliphatic hydroxyl groups is 1. The van der Waals surface area contributed by atoms with Crippen LogP contribution in [0.25, 0.3) is 10.9 Å². The molecule has 0 spiro atoms. The van der Waals surface area contributed by atoms with Gasteiger partial charge in [0.2, 0.25) is 0 Å². The molecule has 1 atom stereocenters. The molecule has 0 aliphatic carbocycles. The zero-order chi connectivity index (χ0) is 16.2. The van der Waals surface area contributed by atoms with E-state index in [9.17, 15) is 9.90 Å². The van der Waals surface area contributed by atoms with Crippen molar-refractivity contribution in [1.29, 1.82) is 0 Å². The largest absolute Gasteiger partial charge is 0.450 e. The standard InChI is InChI=1S/C17H23N3O3/c1-2-23-17(22)20-9-7-19(8-10-20)12-16(21)14-4-3-13-5-6-18-15(13)11-14/h3-6,11,16,18,21H,2,7-10,12H2,1H3/t16-/m1/s1. The van der Waals surface area contributed by atoms with Crippen molar-refractivity contribution in [3.8, 4) is 0 Å². The van der Waals surface area contributed by atoms with Crippen molar-refractivity contribution in [2.24, 2.45) is 0 Å². The molecule has 0 saturated carbocycles. The summed E-state index contributed by atoms with van der Waals surface area (Å²) in [5, 5.41) is 11.6. The molecule has 6 nitrogen and oxygen atoms in total. The summed E-state index contributed by atoms with van der Waals surface area (Å²) in [6.07, 6.45) is 1.12. The summed E-state index contributed by atoms with van der Waals surface area (Å²) >= 11 is 0. The molecule has 0 unspecified atom stereocenters. The van der Waals surface area contributed by atoms with Crippen molar-refractivity contribution >= 4 is 17.0 Å². The lowest BCUT2D eigenvalue weighted by atomic mass is 10.1. The monoisotopic (exact) mass is 317 g/mol. The highest BCUT2D eigenvalue weighted by Crippen LogP contribution is 2.20. The van der Waals surface area contributed by atoms with E-state index in [0.717, 1.165) is 29.6 Å². The van der Waals surface area contributed by atoms with Gasteiger partial charge < -0.3 is 19.7 Å². The minimum absolute atomic E-state index is 0.245. The fourth-order valence-corrected chi connectivity index (χ4v) is 2.95. The number of hydrogen-bond donors (Lipinski definition) is 2. The molecule has 3 rings (SSSR count). The number of H-pyrrole nitrogens is 1. The van der Waals surface area contributed by atoms with Crippen LogP contribution in [0.4, 0.5) is 4.79 Å². The van der Waals surface area contributed by atoms with Crippen LogP contribution < -0.4 is 0 Å². The number of nitrogens with zero attached hydrogens (tertiary/aromatic N) is 2. The van der Waals surface area contributed by atoms with E-state index in [0.29, 0.717) is 26.2 Å². The smallest absolute Gasteiger partial charge is 0.409 e. The number of piperazine rings is 1. The summed E-state index contributed by atoms with van der Waals surface area (Å²) in [6.45, 7) is 5.57. The summed E-state index contributed by atoms with van der Waals surface area (Å²) in [7, 11) is 0. The van der Waals surface area contributed by atoms with Crippen molar-refractivity contribution in [1.82, 2.24) is 14.8 Å². The van der Waals surface area contributed by atoms with Crippen LogP contribution in [0.3, 0.4) is 0 Å². The molecule has 2 heterocycles. The number of carbonyl (C=O) groups excluding carboxylic acids is 1. The lowest BCUT2D eigenvalue weighted by Gasteiger charge is -2.35. The van der Waals surface area contributed by atoms with Gasteiger partial charge in [-0.15, -0.1) is 0 Å². The first-order valence-corrected chi connectivity index (χ1v) is 8.06. The molecule has 1 amide bonds. The van der Waals surface area contributed by atoms with Gasteiger partial charge in [-0.25, -0.2) is 4.79 Å². The third-order valence-corrected chi connectivity index (χ3v) is 4.29. The molecule has 2 aromatic rings. The van der Waals surface area contributed by atoms with Gasteiger partial charge in [0.15, 0.2) is 0 Å². The third-order valence-electron chi connectivity index (χ3n) is 4.29. The minimum atomic E-state index is -0.531. The quantitative estimate of drug-likeness (QED) is 0.905. The molecule has 1 aromatic heterocycles. The Kier molecular flexibility index (Phi) is 4.83. The molecule has 23 heavy (non-hydrogen) atoms. The first-order valence-electron chi connectivity index (χ1n) is 8.06. The summed E-state index contributed by atoms with van der Waals surface area (Å²) in [4.78, 5) is 18.7. The summed E-state index contributed by atoms with van der Waals surface area (Å²) in [5.74, 6) is 0. The number of fused-ring (bicyclic) bond motifs is 1. The highest BCUT2D eigenvalue weighted by atomic mass is 16.6. The van der Waals surface area contributed by atoms with Gasteiger partial charge in [-0.3, -0.25) is 4.90 Å². The Morgan fingerprint density at radius 3 is 2.83 bits per heavy atom. The molecular formula is C17H23N3O3. The average molecular weight is 317 g/mol. The lowest BCUT2D eigenvalue weighted by Crippen LogP contribution is -2.49. The van der Waals surface area contributed by atoms with Crippen LogP contribution in [0.15, 0.2) is 30.5 Å². The van der Waals surface area contributed by atoms with Crippen LogP contribution in [0.1, 0.15) is 18.6 Å². The fourth-order valence-electron chi connectivity index (χ4n) is 2.95. The van der Waals surface area contributed by atoms with Crippen molar-refractivity contribution in [2.45, 2.75) is 13.0 Å². The molecule has 0 bridgehead atoms. The molecule has 1 aliphatic rings. The van der Waals surface area contributed by atoms with E-state index in [2.05, 4.69) is 9.88 Å². The fraction of sp³-hybridized carbons (Fsp3) is 0.471. The number of ether oxygens (including phenoxy) is 1. The van der Waals surface area contributed by atoms with E-state index in [1.165, 1.54) is 0 Å². The molecule has 1 aliphatic heterocycles. The number of aromatic nitrogens is 1. The number of β-amino-alcohol motifs (C(OH)–C–C–N with tert-alkyl or cyclic N) is 1. The van der Waals surface area contributed by atoms with Crippen LogP contribution in [-0.4, -0.2) is 65.3 Å². The van der Waals surface area contributed by atoms with Gasteiger partial charge in [-0.05, 0) is 30.0 Å². The maximum absolute atomic E-state index is 11.7. The summed E-state index contributed by atoms with van der Waals surface area (Å²) in [6, 6.07) is 7.99. The maximum Gasteiger partial charge on any atom is 0.409 e. The number of carbonyl (C=O) groups is 1. The highest BCUT2D eigenvalue weighted by molar-refractivity contribution is 5.79. The molecule has 1 fully saturated rings. The first-order chi connectivity index (χ1) is 11.2. The van der Waals surface area contributed by atoms with E-state index in [-0.39, 0.29) is 6.09 Å². The Balaban J connectivity index is 1.54. The van der Waals surface area contributed by atoms with Gasteiger partial charge >= 0.3 is 6.09 Å². The van der Waals surface area contributed by atoms with Gasteiger partial charge in [0.05, 0.1) is 12.7 Å². The van der Waals surface area contributed by atoms with Crippen LogP contribution in [0, 0.1) is 0 Å². The number of amides is 1. The predicted molar refractivity (Wildman–Crippen MR) is 88.3 cm³/mol. The highest BCUT2D eigenvalue weighted by Gasteiger charge is 2.23. The van der Waals surface area contributed by atoms with Gasteiger partial charge in [0.1, 0.15) is 0 Å². The number of aliphatic hydroxyl groups excluding tert-OH is 1. The van der Waals surface area contributed by atoms with Crippen LogP contribution >= 0.6 is 0 Å². The molecule has 6 heteroatoms.